The Hall–Kier alpha value is -3.45. The second-order valence-corrected chi connectivity index (χ2v) is 9.95. The van der Waals surface area contributed by atoms with Crippen molar-refractivity contribution in [1.82, 2.24) is 9.80 Å². The zero-order chi connectivity index (χ0) is 27.0. The van der Waals surface area contributed by atoms with Crippen molar-refractivity contribution in [3.63, 3.8) is 0 Å². The zero-order valence-electron chi connectivity index (χ0n) is 21.9. The summed E-state index contributed by atoms with van der Waals surface area (Å²) in [5.74, 6) is -0.826. The number of rotatable bonds is 10. The summed E-state index contributed by atoms with van der Waals surface area (Å²) < 4.78 is 46.8. The lowest BCUT2D eigenvalue weighted by Crippen LogP contribution is -2.48. The smallest absolute Gasteiger partial charge is 0.123 e. The third kappa shape index (κ3) is 7.15. The van der Waals surface area contributed by atoms with Crippen LogP contribution in [0.1, 0.15) is 40.8 Å². The maximum atomic E-state index is 13.6. The summed E-state index contributed by atoms with van der Waals surface area (Å²) in [6.45, 7) is 5.12. The van der Waals surface area contributed by atoms with Gasteiger partial charge in [0.15, 0.2) is 0 Å². The fourth-order valence-electron chi connectivity index (χ4n) is 5.29. The lowest BCUT2D eigenvalue weighted by Gasteiger charge is -2.40. The molecule has 0 aliphatic carbocycles. The van der Waals surface area contributed by atoms with Crippen molar-refractivity contribution < 1.29 is 17.9 Å². The molecule has 0 bridgehead atoms. The molecule has 0 aromatic heterocycles. The van der Waals surface area contributed by atoms with Crippen molar-refractivity contribution in [2.75, 3.05) is 39.3 Å². The van der Waals surface area contributed by atoms with Gasteiger partial charge in [0.2, 0.25) is 0 Å². The molecule has 0 amide bonds. The molecule has 0 N–H and O–H groups in total. The molecule has 1 atom stereocenters. The summed E-state index contributed by atoms with van der Waals surface area (Å²) in [5.41, 5.74) is 3.98. The number of nitrogens with zero attached hydrogens (tertiary/aromatic N) is 2. The molecule has 4 aromatic carbocycles. The van der Waals surface area contributed by atoms with E-state index in [4.69, 9.17) is 4.74 Å². The lowest BCUT2D eigenvalue weighted by atomic mass is 9.96. The molecule has 1 saturated heterocycles. The van der Waals surface area contributed by atoms with Crippen molar-refractivity contribution >= 4 is 0 Å². The zero-order valence-corrected chi connectivity index (χ0v) is 21.9. The van der Waals surface area contributed by atoms with Gasteiger partial charge in [-0.25, -0.2) is 13.2 Å². The van der Waals surface area contributed by atoms with Crippen LogP contribution in [-0.4, -0.2) is 49.1 Å². The Bertz CT molecular complexity index is 1240. The maximum Gasteiger partial charge on any atom is 0.123 e. The third-order valence-electron chi connectivity index (χ3n) is 7.32. The summed E-state index contributed by atoms with van der Waals surface area (Å²) in [7, 11) is 0. The number of hydrogen-bond acceptors (Lipinski definition) is 3. The molecule has 39 heavy (non-hydrogen) atoms. The minimum Gasteiger partial charge on any atom is -0.369 e. The number of hydrogen-bond donors (Lipinski definition) is 0. The average molecular weight is 531 g/mol. The molecule has 6 heteroatoms. The van der Waals surface area contributed by atoms with E-state index in [2.05, 4.69) is 21.9 Å². The van der Waals surface area contributed by atoms with Crippen molar-refractivity contribution in [2.45, 2.75) is 18.6 Å². The molecule has 0 spiro atoms. The Morgan fingerprint density at radius 1 is 0.564 bits per heavy atom. The van der Waals surface area contributed by atoms with Gasteiger partial charge in [-0.05, 0) is 65.1 Å². The maximum absolute atomic E-state index is 13.6. The van der Waals surface area contributed by atoms with Gasteiger partial charge in [-0.3, -0.25) is 4.90 Å². The molecule has 0 radical (unpaired) electrons. The Labute approximate surface area is 228 Å². The number of halogens is 3. The Morgan fingerprint density at radius 3 is 1.54 bits per heavy atom. The van der Waals surface area contributed by atoms with E-state index >= 15 is 0 Å². The van der Waals surface area contributed by atoms with Gasteiger partial charge >= 0.3 is 0 Å². The fraction of sp³-hybridized carbons (Fsp3) is 0.273. The first-order valence-electron chi connectivity index (χ1n) is 13.5. The van der Waals surface area contributed by atoms with E-state index in [1.54, 1.807) is 24.3 Å². The highest BCUT2D eigenvalue weighted by Gasteiger charge is 2.26. The Balaban J connectivity index is 1.16. The quantitative estimate of drug-likeness (QED) is 0.205. The molecule has 0 saturated carbocycles. The van der Waals surface area contributed by atoms with Crippen LogP contribution < -0.4 is 0 Å². The minimum absolute atomic E-state index is 0.0875. The van der Waals surface area contributed by atoms with Crippen LogP contribution in [0.25, 0.3) is 0 Å². The SMILES string of the molecule is Fc1ccc(C(OCCCN2CCN(C(c3ccccc3)c3ccc(F)cc3)CC2)c2ccc(F)cc2)cc1. The van der Waals surface area contributed by atoms with E-state index < -0.39 is 0 Å². The first-order valence-corrected chi connectivity index (χ1v) is 13.5. The monoisotopic (exact) mass is 530 g/mol. The molecular formula is C33H33F3N2O. The second kappa shape index (κ2) is 13.1. The van der Waals surface area contributed by atoms with Crippen LogP contribution in [0.4, 0.5) is 13.2 Å². The molecule has 202 valence electrons. The first-order chi connectivity index (χ1) is 19.1. The number of benzene rings is 4. The lowest BCUT2D eigenvalue weighted by molar-refractivity contribution is 0.0612. The molecule has 1 aliphatic heterocycles. The van der Waals surface area contributed by atoms with Gasteiger partial charge in [0.05, 0.1) is 6.04 Å². The topological polar surface area (TPSA) is 15.7 Å². The fourth-order valence-corrected chi connectivity index (χ4v) is 5.29. The van der Waals surface area contributed by atoms with Gasteiger partial charge in [-0.1, -0.05) is 66.7 Å². The number of piperazine rings is 1. The van der Waals surface area contributed by atoms with E-state index in [-0.39, 0.29) is 29.6 Å². The van der Waals surface area contributed by atoms with Gasteiger partial charge in [0.1, 0.15) is 23.6 Å². The van der Waals surface area contributed by atoms with Gasteiger partial charge in [-0.2, -0.15) is 0 Å². The van der Waals surface area contributed by atoms with Crippen LogP contribution in [0, 0.1) is 17.5 Å². The highest BCUT2D eigenvalue weighted by Crippen LogP contribution is 2.30. The molecule has 1 fully saturated rings. The molecule has 1 aliphatic rings. The molecule has 1 heterocycles. The largest absolute Gasteiger partial charge is 0.369 e. The Morgan fingerprint density at radius 2 is 1.03 bits per heavy atom. The van der Waals surface area contributed by atoms with Crippen molar-refractivity contribution in [3.05, 3.63) is 143 Å². The van der Waals surface area contributed by atoms with Gasteiger partial charge in [-0.15, -0.1) is 0 Å². The van der Waals surface area contributed by atoms with E-state index in [1.807, 2.05) is 30.3 Å². The Kier molecular flexibility index (Phi) is 9.09. The average Bonchev–Trinajstić information content (AvgIpc) is 2.97. The van der Waals surface area contributed by atoms with E-state index in [0.29, 0.717) is 6.61 Å². The minimum atomic E-state index is -0.384. The molecular weight excluding hydrogens is 497 g/mol. The molecule has 4 aromatic rings. The van der Waals surface area contributed by atoms with Gasteiger partial charge in [0.25, 0.3) is 0 Å². The van der Waals surface area contributed by atoms with Crippen LogP contribution in [0.5, 0.6) is 0 Å². The highest BCUT2D eigenvalue weighted by atomic mass is 19.1. The van der Waals surface area contributed by atoms with Crippen molar-refractivity contribution in [1.29, 1.82) is 0 Å². The van der Waals surface area contributed by atoms with Crippen LogP contribution in [0.2, 0.25) is 0 Å². The predicted octanol–water partition coefficient (Wildman–Crippen LogP) is 7.01. The highest BCUT2D eigenvalue weighted by molar-refractivity contribution is 5.33. The van der Waals surface area contributed by atoms with Crippen molar-refractivity contribution in [3.8, 4) is 0 Å². The van der Waals surface area contributed by atoms with Gasteiger partial charge in [0, 0.05) is 39.3 Å². The van der Waals surface area contributed by atoms with Crippen molar-refractivity contribution in [2.24, 2.45) is 0 Å². The standard InChI is InChI=1S/C33H33F3N2O/c34-29-13-7-26(8-14-29)32(25-5-2-1-3-6-25)38-22-20-37(21-23-38)19-4-24-39-33(27-9-15-30(35)16-10-27)28-11-17-31(36)18-12-28/h1-3,5-18,32-33H,4,19-24H2. The summed E-state index contributed by atoms with van der Waals surface area (Å²) in [6.07, 6.45) is 0.462. The van der Waals surface area contributed by atoms with Crippen LogP contribution in [-0.2, 0) is 4.74 Å². The third-order valence-corrected chi connectivity index (χ3v) is 7.32. The van der Waals surface area contributed by atoms with Crippen LogP contribution >= 0.6 is 0 Å². The summed E-state index contributed by atoms with van der Waals surface area (Å²) in [6, 6.07) is 29.8. The second-order valence-electron chi connectivity index (χ2n) is 9.95. The summed E-state index contributed by atoms with van der Waals surface area (Å²) in [4.78, 5) is 4.91. The summed E-state index contributed by atoms with van der Waals surface area (Å²) >= 11 is 0. The normalized spacial score (nSPS) is 15.5. The molecule has 5 rings (SSSR count). The van der Waals surface area contributed by atoms with Gasteiger partial charge < -0.3 is 9.64 Å². The number of ether oxygens (including phenoxy) is 1. The van der Waals surface area contributed by atoms with Crippen LogP contribution in [0.3, 0.4) is 0 Å². The summed E-state index contributed by atoms with van der Waals surface area (Å²) in [5, 5.41) is 0. The van der Waals surface area contributed by atoms with E-state index in [9.17, 15) is 13.2 Å². The predicted molar refractivity (Wildman–Crippen MR) is 148 cm³/mol. The van der Waals surface area contributed by atoms with Crippen LogP contribution in [0.15, 0.2) is 103 Å². The first kappa shape index (κ1) is 27.1. The van der Waals surface area contributed by atoms with E-state index in [1.165, 1.54) is 42.0 Å². The van der Waals surface area contributed by atoms with E-state index in [0.717, 1.165) is 55.8 Å². The molecule has 3 nitrogen and oxygen atoms in total. The molecule has 1 unspecified atom stereocenters.